The average molecular weight is 191 g/mol. The molecule has 0 aliphatic carbocycles. The van der Waals surface area contributed by atoms with Crippen molar-refractivity contribution in [1.82, 2.24) is 0 Å². The van der Waals surface area contributed by atoms with Crippen LogP contribution in [-0.4, -0.2) is 18.3 Å². The molecule has 1 radical (unpaired) electrons. The summed E-state index contributed by atoms with van der Waals surface area (Å²) in [6.07, 6.45) is -9.62. The molecule has 0 bridgehead atoms. The maximum atomic E-state index is 12.1. The van der Waals surface area contributed by atoms with Crippen LogP contribution < -0.4 is 0 Å². The molecule has 0 aromatic rings. The molecule has 0 spiro atoms. The Morgan fingerprint density at radius 1 is 1.17 bits per heavy atom. The van der Waals surface area contributed by atoms with E-state index in [9.17, 15) is 26.3 Å². The topological polar surface area (TPSA) is 0 Å². The van der Waals surface area contributed by atoms with E-state index in [-0.39, 0.29) is 0 Å². The number of hydrogen-bond donors (Lipinski definition) is 0. The minimum atomic E-state index is -5.54. The van der Waals surface area contributed by atoms with Crippen molar-refractivity contribution in [2.45, 2.75) is 24.7 Å². The van der Waals surface area contributed by atoms with Crippen LogP contribution in [0.3, 0.4) is 0 Å². The van der Waals surface area contributed by atoms with Crippen molar-refractivity contribution in [3.05, 3.63) is 12.7 Å². The predicted octanol–water partition coefficient (Wildman–Crippen LogP) is 2.90. The normalized spacial score (nSPS) is 15.8. The summed E-state index contributed by atoms with van der Waals surface area (Å²) in [6, 6.07) is 0. The molecule has 0 saturated carbocycles. The molecular formula is C6H5F6. The second-order valence-electron chi connectivity index (χ2n) is 2.09. The summed E-state index contributed by atoms with van der Waals surface area (Å²) >= 11 is 0. The van der Waals surface area contributed by atoms with Crippen LogP contribution in [-0.2, 0) is 0 Å². The molecule has 0 aliphatic rings. The maximum absolute atomic E-state index is 12.1. The molecule has 0 aromatic heterocycles. The van der Waals surface area contributed by atoms with Crippen molar-refractivity contribution >= 4 is 0 Å². The molecule has 0 fully saturated rings. The Bertz CT molecular complexity index is 158. The van der Waals surface area contributed by atoms with Gasteiger partial charge in [0.2, 0.25) is 0 Å². The minimum absolute atomic E-state index is 1.45. The summed E-state index contributed by atoms with van der Waals surface area (Å²) in [4.78, 5) is 0. The summed E-state index contributed by atoms with van der Waals surface area (Å²) in [7, 11) is 0. The molecule has 6 heteroatoms. The summed E-state index contributed by atoms with van der Waals surface area (Å²) in [5.74, 6) is -4.47. The molecular weight excluding hydrogens is 186 g/mol. The van der Waals surface area contributed by atoms with Crippen LogP contribution >= 0.6 is 0 Å². The Balaban J connectivity index is 4.44. The van der Waals surface area contributed by atoms with Gasteiger partial charge in [0.1, 0.15) is 0 Å². The van der Waals surface area contributed by atoms with E-state index >= 15 is 0 Å². The van der Waals surface area contributed by atoms with Crippen molar-refractivity contribution < 1.29 is 26.3 Å². The van der Waals surface area contributed by atoms with Crippen LogP contribution in [0, 0.1) is 6.08 Å². The summed E-state index contributed by atoms with van der Waals surface area (Å²) in [5.41, 5.74) is 0. The quantitative estimate of drug-likeness (QED) is 0.601. The third-order valence-corrected chi connectivity index (χ3v) is 1.02. The fourth-order valence-corrected chi connectivity index (χ4v) is 0.496. The Labute approximate surface area is 64.9 Å². The van der Waals surface area contributed by atoms with Gasteiger partial charge in [0.15, 0.2) is 0 Å². The molecule has 0 amide bonds. The van der Waals surface area contributed by atoms with Gasteiger partial charge in [0.25, 0.3) is 12.1 Å². The zero-order chi connectivity index (χ0) is 9.99. The molecule has 12 heavy (non-hydrogen) atoms. The van der Waals surface area contributed by atoms with Crippen molar-refractivity contribution in [3.8, 4) is 0 Å². The van der Waals surface area contributed by atoms with E-state index in [1.807, 2.05) is 0 Å². The van der Waals surface area contributed by atoms with E-state index in [2.05, 4.69) is 6.58 Å². The molecule has 0 N–H and O–H groups in total. The molecule has 1 atom stereocenters. The molecule has 0 heterocycles. The smallest absolute Gasteiger partial charge is 0.231 e. The number of alkyl halides is 6. The third-order valence-electron chi connectivity index (χ3n) is 1.02. The van der Waals surface area contributed by atoms with E-state index in [4.69, 9.17) is 0 Å². The SMILES string of the molecule is C=[C]CC(F)(F)C(F)C(F)(F)F. The predicted molar refractivity (Wildman–Crippen MR) is 29.4 cm³/mol. The summed E-state index contributed by atoms with van der Waals surface area (Å²) in [5, 5.41) is 0. The van der Waals surface area contributed by atoms with Gasteiger partial charge in [-0.2, -0.15) is 13.2 Å². The van der Waals surface area contributed by atoms with Crippen molar-refractivity contribution in [3.63, 3.8) is 0 Å². The first kappa shape index (κ1) is 11.3. The largest absolute Gasteiger partial charge is 0.425 e. The van der Waals surface area contributed by atoms with Gasteiger partial charge >= 0.3 is 6.18 Å². The van der Waals surface area contributed by atoms with E-state index in [1.54, 1.807) is 0 Å². The fourth-order valence-electron chi connectivity index (χ4n) is 0.496. The number of allylic oxidation sites excluding steroid dienone is 1. The monoisotopic (exact) mass is 191 g/mol. The van der Waals surface area contributed by atoms with Crippen LogP contribution in [0.2, 0.25) is 0 Å². The average Bonchev–Trinajstić information content (AvgIpc) is 1.84. The molecule has 0 aliphatic heterocycles. The second-order valence-corrected chi connectivity index (χ2v) is 2.09. The van der Waals surface area contributed by atoms with Crippen molar-refractivity contribution in [2.24, 2.45) is 0 Å². The highest BCUT2D eigenvalue weighted by atomic mass is 19.4. The number of rotatable bonds is 3. The van der Waals surface area contributed by atoms with Gasteiger partial charge in [-0.1, -0.05) is 6.58 Å². The Hall–Kier alpha value is -0.680. The zero-order valence-corrected chi connectivity index (χ0v) is 5.76. The number of halogens is 6. The van der Waals surface area contributed by atoms with E-state index in [0.29, 0.717) is 0 Å². The first-order valence-corrected chi connectivity index (χ1v) is 2.80. The lowest BCUT2D eigenvalue weighted by molar-refractivity contribution is -0.243. The van der Waals surface area contributed by atoms with E-state index in [1.165, 1.54) is 6.08 Å². The fraction of sp³-hybridized carbons (Fsp3) is 0.667. The third kappa shape index (κ3) is 2.75. The van der Waals surface area contributed by atoms with Gasteiger partial charge in [-0.05, 0) is 6.08 Å². The van der Waals surface area contributed by atoms with Crippen LogP contribution in [0.4, 0.5) is 26.3 Å². The number of hydrogen-bond acceptors (Lipinski definition) is 0. The first-order chi connectivity index (χ1) is 5.22. The van der Waals surface area contributed by atoms with Gasteiger partial charge < -0.3 is 0 Å². The highest BCUT2D eigenvalue weighted by molar-refractivity contribution is 4.85. The molecule has 0 nitrogen and oxygen atoms in total. The van der Waals surface area contributed by atoms with Gasteiger partial charge in [0, 0.05) is 6.42 Å². The van der Waals surface area contributed by atoms with Crippen LogP contribution in [0.25, 0.3) is 0 Å². The van der Waals surface area contributed by atoms with Crippen molar-refractivity contribution in [2.75, 3.05) is 0 Å². The Kier molecular flexibility index (Phi) is 3.17. The second kappa shape index (κ2) is 3.37. The van der Waals surface area contributed by atoms with E-state index < -0.39 is 24.7 Å². The van der Waals surface area contributed by atoms with Gasteiger partial charge in [-0.3, -0.25) is 0 Å². The van der Waals surface area contributed by atoms with Gasteiger partial charge in [-0.15, -0.1) is 0 Å². The lowest BCUT2D eigenvalue weighted by Gasteiger charge is -2.20. The molecule has 0 rings (SSSR count). The Morgan fingerprint density at radius 3 is 1.83 bits per heavy atom. The molecule has 1 unspecified atom stereocenters. The lowest BCUT2D eigenvalue weighted by atomic mass is 10.1. The Morgan fingerprint density at radius 2 is 1.58 bits per heavy atom. The summed E-state index contributed by atoms with van der Waals surface area (Å²) < 4.78 is 70.3. The molecule has 0 aromatic carbocycles. The highest BCUT2D eigenvalue weighted by Gasteiger charge is 2.55. The maximum Gasteiger partial charge on any atom is 0.425 e. The van der Waals surface area contributed by atoms with Crippen LogP contribution in [0.5, 0.6) is 0 Å². The standard InChI is InChI=1S/C6H5F6/c1-2-3-5(8,9)4(7)6(10,11)12/h4H,1,3H2. The molecule has 0 saturated heterocycles. The lowest BCUT2D eigenvalue weighted by Crippen LogP contribution is -2.41. The highest BCUT2D eigenvalue weighted by Crippen LogP contribution is 2.36. The minimum Gasteiger partial charge on any atom is -0.231 e. The van der Waals surface area contributed by atoms with Crippen molar-refractivity contribution in [1.29, 1.82) is 0 Å². The van der Waals surface area contributed by atoms with Crippen LogP contribution in [0.1, 0.15) is 6.42 Å². The van der Waals surface area contributed by atoms with Crippen LogP contribution in [0.15, 0.2) is 6.58 Å². The van der Waals surface area contributed by atoms with E-state index in [0.717, 1.165) is 0 Å². The summed E-state index contributed by atoms with van der Waals surface area (Å²) in [6.45, 7) is 2.67. The zero-order valence-electron chi connectivity index (χ0n) is 5.76. The molecule has 71 valence electrons. The van der Waals surface area contributed by atoms with Gasteiger partial charge in [-0.25, -0.2) is 13.2 Å². The first-order valence-electron chi connectivity index (χ1n) is 2.80. The van der Waals surface area contributed by atoms with Gasteiger partial charge in [0.05, 0.1) is 0 Å².